The van der Waals surface area contributed by atoms with Crippen molar-refractivity contribution in [3.05, 3.63) is 22.4 Å². The van der Waals surface area contributed by atoms with E-state index >= 15 is 0 Å². The zero-order valence-electron chi connectivity index (χ0n) is 5.26. The Bertz CT molecular complexity index is 139. The fourth-order valence-corrected chi connectivity index (χ4v) is 1.09. The molecule has 1 rings (SSSR count). The molecule has 0 amide bonds. The third kappa shape index (κ3) is 3.46. The van der Waals surface area contributed by atoms with Gasteiger partial charge in [0, 0.05) is 46.4 Å². The first-order valence-corrected chi connectivity index (χ1v) is 3.19. The van der Waals surface area contributed by atoms with Crippen LogP contribution in [0.15, 0.2) is 12.1 Å². The van der Waals surface area contributed by atoms with Gasteiger partial charge >= 0.3 is 0 Å². The fourth-order valence-electron chi connectivity index (χ4n) is 0.491. The maximum atomic E-state index is 4.88. The first-order chi connectivity index (χ1) is 3.93. The molecular weight excluding hydrogens is 209 g/mol. The number of rotatable bonds is 2. The van der Waals surface area contributed by atoms with E-state index in [0.29, 0.717) is 6.61 Å². The molecule has 9 heavy (non-hydrogen) atoms. The van der Waals surface area contributed by atoms with Crippen molar-refractivity contribution < 1.29 is 37.4 Å². The molecule has 47 valence electrons. The average Bonchev–Trinajstić information content (AvgIpc) is 2.19. The van der Waals surface area contributed by atoms with Crippen LogP contribution in [0, 0.1) is 5.38 Å². The summed E-state index contributed by atoms with van der Waals surface area (Å²) in [4.78, 5) is 1.23. The summed E-state index contributed by atoms with van der Waals surface area (Å²) in [5, 5.41) is 2.98. The van der Waals surface area contributed by atoms with Gasteiger partial charge in [0.2, 0.25) is 0 Å². The molecule has 0 saturated carbocycles. The third-order valence-electron chi connectivity index (χ3n) is 0.814. The van der Waals surface area contributed by atoms with Crippen molar-refractivity contribution in [1.29, 1.82) is 0 Å². The zero-order chi connectivity index (χ0) is 5.82. The molecule has 0 fully saturated rings. The number of ether oxygens (including phenoxy) is 1. The number of hydrogen-bond acceptors (Lipinski definition) is 2. The van der Waals surface area contributed by atoms with Gasteiger partial charge in [-0.25, -0.2) is 0 Å². The van der Waals surface area contributed by atoms with Gasteiger partial charge in [0.05, 0.1) is 0 Å². The van der Waals surface area contributed by atoms with Gasteiger partial charge in [0.15, 0.2) is 0 Å². The van der Waals surface area contributed by atoms with Crippen molar-refractivity contribution in [3.63, 3.8) is 0 Å². The second-order valence-electron chi connectivity index (χ2n) is 1.45. The Morgan fingerprint density at radius 3 is 3.00 bits per heavy atom. The smallest absolute Gasteiger partial charge is 0.0345 e. The molecule has 1 aromatic heterocycles. The Balaban J connectivity index is 0.000000640. The fraction of sp³-hybridized carbons (Fsp3) is 0.333. The molecule has 0 unspecified atom stereocenters. The molecule has 0 bridgehead atoms. The van der Waals surface area contributed by atoms with Gasteiger partial charge in [0.25, 0.3) is 0 Å². The maximum Gasteiger partial charge on any atom is 0.0345 e. The molecule has 1 heterocycles. The maximum absolute atomic E-state index is 4.88. The van der Waals surface area contributed by atoms with Crippen LogP contribution < -0.4 is 0 Å². The van der Waals surface area contributed by atoms with E-state index in [-0.39, 0.29) is 32.7 Å². The summed E-state index contributed by atoms with van der Waals surface area (Å²) in [6.07, 6.45) is 0. The van der Waals surface area contributed by atoms with Crippen LogP contribution in [0.25, 0.3) is 0 Å². The van der Waals surface area contributed by atoms with Gasteiger partial charge < -0.3 is 4.74 Å². The Morgan fingerprint density at radius 1 is 1.78 bits per heavy atom. The Morgan fingerprint density at radius 2 is 2.56 bits per heavy atom. The first-order valence-electron chi connectivity index (χ1n) is 2.37. The van der Waals surface area contributed by atoms with Gasteiger partial charge in [0.1, 0.15) is 0 Å². The minimum absolute atomic E-state index is 0. The largest absolute Gasteiger partial charge is 0.393 e. The summed E-state index contributed by atoms with van der Waals surface area (Å²) in [7, 11) is 1.69. The molecule has 0 spiro atoms. The van der Waals surface area contributed by atoms with Crippen LogP contribution in [0.4, 0.5) is 0 Å². The Kier molecular flexibility index (Phi) is 6.01. The molecule has 0 aliphatic heterocycles. The van der Waals surface area contributed by atoms with Crippen LogP contribution in [0.2, 0.25) is 0 Å². The molecule has 1 aromatic rings. The molecule has 0 aliphatic rings. The summed E-state index contributed by atoms with van der Waals surface area (Å²) in [5.74, 6) is 0. The average molecular weight is 216 g/mol. The monoisotopic (exact) mass is 216 g/mol. The topological polar surface area (TPSA) is 9.23 Å². The summed E-state index contributed by atoms with van der Waals surface area (Å²) in [6.45, 7) is 0.716. The molecule has 0 aromatic carbocycles. The van der Waals surface area contributed by atoms with Crippen LogP contribution in [0.3, 0.4) is 0 Å². The summed E-state index contributed by atoms with van der Waals surface area (Å²) in [5.41, 5.74) is 0. The van der Waals surface area contributed by atoms with Gasteiger partial charge in [-0.2, -0.15) is 12.1 Å². The van der Waals surface area contributed by atoms with Crippen molar-refractivity contribution >= 4 is 11.3 Å². The van der Waals surface area contributed by atoms with Gasteiger partial charge in [-0.05, 0) is 0 Å². The van der Waals surface area contributed by atoms with Crippen LogP contribution in [-0.2, 0) is 44.1 Å². The molecule has 0 aliphatic carbocycles. The zero-order valence-corrected chi connectivity index (χ0v) is 8.91. The normalized spacial score (nSPS) is 8.56. The van der Waals surface area contributed by atoms with Crippen molar-refractivity contribution in [1.82, 2.24) is 0 Å². The minimum atomic E-state index is 0. The summed E-state index contributed by atoms with van der Waals surface area (Å²) >= 11 is 1.60. The second-order valence-corrected chi connectivity index (χ2v) is 2.42. The first kappa shape index (κ1) is 9.76. The van der Waals surface area contributed by atoms with Crippen molar-refractivity contribution in [2.75, 3.05) is 7.11 Å². The third-order valence-corrected chi connectivity index (χ3v) is 1.58. The van der Waals surface area contributed by atoms with Crippen LogP contribution in [0.5, 0.6) is 0 Å². The summed E-state index contributed by atoms with van der Waals surface area (Å²) < 4.78 is 4.88. The Labute approximate surface area is 84.3 Å². The van der Waals surface area contributed by atoms with E-state index in [0.717, 1.165) is 0 Å². The SMILES string of the molecule is COCc1cc[c-]s1.[Y]. The Hall–Kier alpha value is 0.764. The molecule has 0 N–H and O–H groups in total. The van der Waals surface area contributed by atoms with E-state index in [1.807, 2.05) is 12.1 Å². The predicted octanol–water partition coefficient (Wildman–Crippen LogP) is 1.69. The van der Waals surface area contributed by atoms with E-state index in [1.165, 1.54) is 4.88 Å². The molecule has 3 heteroatoms. The van der Waals surface area contributed by atoms with Crippen molar-refractivity contribution in [2.24, 2.45) is 0 Å². The predicted molar refractivity (Wildman–Crippen MR) is 33.9 cm³/mol. The van der Waals surface area contributed by atoms with Crippen LogP contribution >= 0.6 is 11.3 Å². The molecule has 0 saturated heterocycles. The number of methoxy groups -OCH3 is 1. The second kappa shape index (κ2) is 5.54. The van der Waals surface area contributed by atoms with Gasteiger partial charge in [-0.3, -0.25) is 11.3 Å². The molecule has 0 atom stereocenters. The van der Waals surface area contributed by atoms with Crippen LogP contribution in [0.1, 0.15) is 4.88 Å². The van der Waals surface area contributed by atoms with E-state index in [1.54, 1.807) is 18.4 Å². The van der Waals surface area contributed by atoms with E-state index in [4.69, 9.17) is 4.74 Å². The van der Waals surface area contributed by atoms with E-state index < -0.39 is 0 Å². The quantitative estimate of drug-likeness (QED) is 0.683. The van der Waals surface area contributed by atoms with E-state index in [2.05, 4.69) is 5.38 Å². The number of hydrogen-bond donors (Lipinski definition) is 0. The van der Waals surface area contributed by atoms with Crippen molar-refractivity contribution in [3.8, 4) is 0 Å². The van der Waals surface area contributed by atoms with Gasteiger partial charge in [-0.15, -0.1) is 10.3 Å². The van der Waals surface area contributed by atoms with Crippen LogP contribution in [-0.4, -0.2) is 7.11 Å². The van der Waals surface area contributed by atoms with Gasteiger partial charge in [-0.1, -0.05) is 0 Å². The molecular formula is C6H7OSY-. The van der Waals surface area contributed by atoms with Crippen molar-refractivity contribution in [2.45, 2.75) is 6.61 Å². The minimum Gasteiger partial charge on any atom is -0.393 e. The van der Waals surface area contributed by atoms with E-state index in [9.17, 15) is 0 Å². The number of thiophene rings is 1. The summed E-state index contributed by atoms with van der Waals surface area (Å²) in [6, 6.07) is 3.91. The molecule has 1 radical (unpaired) electrons. The standard InChI is InChI=1S/C6H7OS.Y/c1-7-5-6-3-2-4-8-6;/h2-3H,5H2,1H3;/q-1;. The molecule has 1 nitrogen and oxygen atoms in total.